The number of carbonyl (C=O) groups excluding carboxylic acids is 1. The monoisotopic (exact) mass is 318 g/mol. The number of halogens is 3. The van der Waals surface area contributed by atoms with Gasteiger partial charge in [0.1, 0.15) is 0 Å². The molecule has 118 valence electrons. The van der Waals surface area contributed by atoms with Gasteiger partial charge in [-0.2, -0.15) is 13.2 Å². The minimum atomic E-state index is -4.45. The first kappa shape index (κ1) is 15.1. The van der Waals surface area contributed by atoms with Crippen molar-refractivity contribution in [2.45, 2.75) is 13.1 Å². The molecule has 6 heteroatoms. The van der Waals surface area contributed by atoms with Crippen molar-refractivity contribution < 1.29 is 18.0 Å². The highest BCUT2D eigenvalue weighted by Crippen LogP contribution is 2.30. The van der Waals surface area contributed by atoms with Crippen LogP contribution in [-0.4, -0.2) is 10.6 Å². The summed E-state index contributed by atoms with van der Waals surface area (Å²) in [5, 5.41) is 3.41. The van der Waals surface area contributed by atoms with Gasteiger partial charge in [-0.3, -0.25) is 4.57 Å². The van der Waals surface area contributed by atoms with E-state index in [4.69, 9.17) is 0 Å². The van der Waals surface area contributed by atoms with Crippen molar-refractivity contribution >= 4 is 22.6 Å². The average Bonchev–Trinajstić information content (AvgIpc) is 2.82. The van der Waals surface area contributed by atoms with Gasteiger partial charge in [0.2, 0.25) is 0 Å². The smallest absolute Gasteiger partial charge is 0.307 e. The first-order chi connectivity index (χ1) is 10.9. The second kappa shape index (κ2) is 5.46. The molecule has 0 aliphatic carbocycles. The average molecular weight is 318 g/mol. The molecule has 0 atom stereocenters. The first-order valence-electron chi connectivity index (χ1n) is 6.92. The second-order valence-electron chi connectivity index (χ2n) is 5.19. The van der Waals surface area contributed by atoms with Crippen LogP contribution in [0, 0.1) is 6.92 Å². The lowest BCUT2D eigenvalue weighted by molar-refractivity contribution is -0.137. The lowest BCUT2D eigenvalue weighted by Gasteiger charge is -2.11. The molecule has 2 aromatic carbocycles. The molecular formula is C17H13F3N2O. The summed E-state index contributed by atoms with van der Waals surface area (Å²) in [4.78, 5) is 12.4. The Morgan fingerprint density at radius 1 is 1.04 bits per heavy atom. The predicted octanol–water partition coefficient (Wildman–Crippen LogP) is 5.05. The van der Waals surface area contributed by atoms with Gasteiger partial charge < -0.3 is 5.32 Å². The van der Waals surface area contributed by atoms with Crippen LogP contribution in [0.1, 0.15) is 11.3 Å². The quantitative estimate of drug-likeness (QED) is 0.669. The molecule has 1 heterocycles. The summed E-state index contributed by atoms with van der Waals surface area (Å²) in [6, 6.07) is 13.2. The number of hydrogen-bond donors (Lipinski definition) is 1. The third-order valence-electron chi connectivity index (χ3n) is 3.54. The molecule has 0 aliphatic rings. The molecule has 3 rings (SSSR count). The molecule has 3 nitrogen and oxygen atoms in total. The molecule has 0 unspecified atom stereocenters. The summed E-state index contributed by atoms with van der Waals surface area (Å²) in [6.07, 6.45) is -4.45. The fourth-order valence-corrected chi connectivity index (χ4v) is 2.52. The minimum Gasteiger partial charge on any atom is -0.307 e. The second-order valence-corrected chi connectivity index (χ2v) is 5.19. The van der Waals surface area contributed by atoms with Crippen molar-refractivity contribution in [2.75, 3.05) is 5.32 Å². The van der Waals surface area contributed by atoms with E-state index in [-0.39, 0.29) is 5.69 Å². The minimum absolute atomic E-state index is 0.0991. The number of para-hydroxylation sites is 1. The number of nitrogens with zero attached hydrogens (tertiary/aromatic N) is 1. The number of amides is 1. The molecule has 0 spiro atoms. The molecule has 0 fully saturated rings. The van der Waals surface area contributed by atoms with Crippen LogP contribution in [0.3, 0.4) is 0 Å². The highest BCUT2D eigenvalue weighted by atomic mass is 19.4. The highest BCUT2D eigenvalue weighted by molar-refractivity contribution is 5.99. The highest BCUT2D eigenvalue weighted by Gasteiger charge is 2.30. The molecule has 23 heavy (non-hydrogen) atoms. The van der Waals surface area contributed by atoms with E-state index >= 15 is 0 Å². The summed E-state index contributed by atoms with van der Waals surface area (Å²) >= 11 is 0. The summed E-state index contributed by atoms with van der Waals surface area (Å²) < 4.78 is 39.6. The molecule has 1 amide bonds. The Morgan fingerprint density at radius 3 is 2.52 bits per heavy atom. The van der Waals surface area contributed by atoms with E-state index in [1.165, 1.54) is 16.7 Å². The Bertz CT molecular complexity index is 881. The van der Waals surface area contributed by atoms with E-state index in [9.17, 15) is 18.0 Å². The van der Waals surface area contributed by atoms with Crippen molar-refractivity contribution in [3.05, 3.63) is 65.9 Å². The Hall–Kier alpha value is -2.76. The van der Waals surface area contributed by atoms with E-state index in [0.717, 1.165) is 17.5 Å². The zero-order valence-electron chi connectivity index (χ0n) is 12.2. The number of alkyl halides is 3. The largest absolute Gasteiger partial charge is 0.416 e. The third kappa shape index (κ3) is 2.92. The maximum absolute atomic E-state index is 12.7. The first-order valence-corrected chi connectivity index (χ1v) is 6.92. The van der Waals surface area contributed by atoms with E-state index < -0.39 is 17.8 Å². The zero-order valence-corrected chi connectivity index (χ0v) is 12.2. The van der Waals surface area contributed by atoms with Crippen molar-refractivity contribution in [3.63, 3.8) is 0 Å². The fourth-order valence-electron chi connectivity index (χ4n) is 2.52. The van der Waals surface area contributed by atoms with Gasteiger partial charge in [0, 0.05) is 16.8 Å². The molecule has 1 N–H and O–H groups in total. The molecule has 0 aliphatic heterocycles. The van der Waals surface area contributed by atoms with Crippen molar-refractivity contribution in [3.8, 4) is 0 Å². The Labute approximate surface area is 130 Å². The van der Waals surface area contributed by atoms with Crippen LogP contribution in [0.5, 0.6) is 0 Å². The Balaban J connectivity index is 1.94. The van der Waals surface area contributed by atoms with Crippen LogP contribution in [0.2, 0.25) is 0 Å². The van der Waals surface area contributed by atoms with Gasteiger partial charge in [0.15, 0.2) is 0 Å². The number of anilines is 1. The standard InChI is InChI=1S/C17H13F3N2O/c1-11-9-12-5-2-3-8-15(12)22(11)16(23)21-14-7-4-6-13(10-14)17(18,19)20/h2-10H,1H3,(H,21,23). The van der Waals surface area contributed by atoms with Crippen LogP contribution >= 0.6 is 0 Å². The van der Waals surface area contributed by atoms with E-state index in [1.807, 2.05) is 18.2 Å². The van der Waals surface area contributed by atoms with Crippen LogP contribution in [0.15, 0.2) is 54.6 Å². The molecule has 0 saturated heterocycles. The number of carbonyl (C=O) groups is 1. The Morgan fingerprint density at radius 2 is 1.78 bits per heavy atom. The molecular weight excluding hydrogens is 305 g/mol. The van der Waals surface area contributed by atoms with Gasteiger partial charge in [0.25, 0.3) is 0 Å². The number of hydrogen-bond acceptors (Lipinski definition) is 1. The van der Waals surface area contributed by atoms with E-state index in [2.05, 4.69) is 5.32 Å². The summed E-state index contributed by atoms with van der Waals surface area (Å²) in [5.41, 5.74) is 0.705. The molecule has 0 bridgehead atoms. The number of aromatic nitrogens is 1. The molecule has 1 aromatic heterocycles. The fraction of sp³-hybridized carbons (Fsp3) is 0.118. The molecule has 0 saturated carbocycles. The number of fused-ring (bicyclic) bond motifs is 1. The maximum Gasteiger partial charge on any atom is 0.416 e. The van der Waals surface area contributed by atoms with Crippen LogP contribution in [-0.2, 0) is 6.18 Å². The van der Waals surface area contributed by atoms with Gasteiger partial charge in [-0.15, -0.1) is 0 Å². The van der Waals surface area contributed by atoms with Crippen LogP contribution in [0.25, 0.3) is 10.9 Å². The van der Waals surface area contributed by atoms with E-state index in [1.54, 1.807) is 19.1 Å². The summed E-state index contributed by atoms with van der Waals surface area (Å²) in [6.45, 7) is 1.77. The number of rotatable bonds is 1. The lowest BCUT2D eigenvalue weighted by Crippen LogP contribution is -2.20. The van der Waals surface area contributed by atoms with Crippen molar-refractivity contribution in [1.82, 2.24) is 4.57 Å². The Kier molecular flexibility index (Phi) is 3.60. The lowest BCUT2D eigenvalue weighted by atomic mass is 10.2. The number of benzene rings is 2. The van der Waals surface area contributed by atoms with Crippen LogP contribution < -0.4 is 5.32 Å². The normalized spacial score (nSPS) is 11.7. The molecule has 3 aromatic rings. The van der Waals surface area contributed by atoms with Gasteiger partial charge in [-0.25, -0.2) is 4.79 Å². The van der Waals surface area contributed by atoms with Gasteiger partial charge in [-0.1, -0.05) is 24.3 Å². The van der Waals surface area contributed by atoms with E-state index in [0.29, 0.717) is 11.2 Å². The number of nitrogens with one attached hydrogen (secondary N) is 1. The van der Waals surface area contributed by atoms with Gasteiger partial charge in [0.05, 0.1) is 11.1 Å². The maximum atomic E-state index is 12.7. The SMILES string of the molecule is Cc1cc2ccccc2n1C(=O)Nc1cccc(C(F)(F)F)c1. The topological polar surface area (TPSA) is 34.0 Å². The number of aryl methyl sites for hydroxylation is 1. The molecule has 0 radical (unpaired) electrons. The zero-order chi connectivity index (χ0) is 16.6. The van der Waals surface area contributed by atoms with Crippen molar-refractivity contribution in [2.24, 2.45) is 0 Å². The van der Waals surface area contributed by atoms with Crippen molar-refractivity contribution in [1.29, 1.82) is 0 Å². The summed E-state index contributed by atoms with van der Waals surface area (Å²) in [5.74, 6) is 0. The summed E-state index contributed by atoms with van der Waals surface area (Å²) in [7, 11) is 0. The van der Waals surface area contributed by atoms with Gasteiger partial charge >= 0.3 is 12.2 Å². The van der Waals surface area contributed by atoms with Crippen LogP contribution in [0.4, 0.5) is 23.7 Å². The predicted molar refractivity (Wildman–Crippen MR) is 82.5 cm³/mol. The van der Waals surface area contributed by atoms with Gasteiger partial charge in [-0.05, 0) is 37.3 Å². The third-order valence-corrected chi connectivity index (χ3v) is 3.54.